The molecule has 2 aromatic rings. The minimum atomic E-state index is -0.410. The summed E-state index contributed by atoms with van der Waals surface area (Å²) in [5.41, 5.74) is 1.99. The van der Waals surface area contributed by atoms with E-state index >= 15 is 0 Å². The normalized spacial score (nSPS) is 13.3. The number of anilines is 1. The third-order valence-electron chi connectivity index (χ3n) is 3.33. The van der Waals surface area contributed by atoms with Crippen LogP contribution in [0.2, 0.25) is 0 Å². The molecule has 2 heterocycles. The monoisotopic (exact) mass is 290 g/mol. The van der Waals surface area contributed by atoms with Gasteiger partial charge in [-0.1, -0.05) is 11.3 Å². The van der Waals surface area contributed by atoms with Crippen molar-refractivity contribution in [2.24, 2.45) is 0 Å². The predicted molar refractivity (Wildman–Crippen MR) is 74.6 cm³/mol. The van der Waals surface area contributed by atoms with Crippen molar-refractivity contribution in [2.45, 2.75) is 13.5 Å². The standard InChI is InChI=1S/C13H12N3O3S/c1-9(17)14-6-7-15-12(8-20-13(14)15)10-2-4-11(5-3-10)16(18)19/h2-5,8H,6-7H2,1H3/q+1. The van der Waals surface area contributed by atoms with Gasteiger partial charge < -0.3 is 0 Å². The molecule has 1 amide bonds. The Kier molecular flexibility index (Phi) is 2.98. The second-order valence-electron chi connectivity index (χ2n) is 4.53. The first-order chi connectivity index (χ1) is 9.58. The van der Waals surface area contributed by atoms with Gasteiger partial charge in [-0.25, -0.2) is 9.36 Å². The summed E-state index contributed by atoms with van der Waals surface area (Å²) in [6.07, 6.45) is 0. The summed E-state index contributed by atoms with van der Waals surface area (Å²) >= 11 is 1.51. The Morgan fingerprint density at radius 1 is 1.40 bits per heavy atom. The molecule has 0 fully saturated rings. The number of nitrogens with zero attached hydrogens (tertiary/aromatic N) is 3. The van der Waals surface area contributed by atoms with E-state index in [9.17, 15) is 14.9 Å². The Labute approximate surface area is 119 Å². The van der Waals surface area contributed by atoms with Crippen molar-refractivity contribution in [1.82, 2.24) is 0 Å². The summed E-state index contributed by atoms with van der Waals surface area (Å²) in [5, 5.41) is 13.6. The molecule has 1 aliphatic heterocycles. The lowest BCUT2D eigenvalue weighted by Crippen LogP contribution is -2.31. The minimum absolute atomic E-state index is 0.0355. The minimum Gasteiger partial charge on any atom is -0.258 e. The molecule has 0 saturated carbocycles. The summed E-state index contributed by atoms with van der Waals surface area (Å²) in [6, 6.07) is 6.48. The third kappa shape index (κ3) is 1.96. The molecule has 0 spiro atoms. The van der Waals surface area contributed by atoms with E-state index in [1.54, 1.807) is 24.0 Å². The molecule has 7 heteroatoms. The van der Waals surface area contributed by atoms with E-state index in [-0.39, 0.29) is 11.6 Å². The molecule has 0 saturated heterocycles. The average Bonchev–Trinajstić information content (AvgIpc) is 2.99. The number of carbonyl (C=O) groups excluding carboxylic acids is 1. The highest BCUT2D eigenvalue weighted by Crippen LogP contribution is 2.29. The van der Waals surface area contributed by atoms with Crippen molar-refractivity contribution in [3.63, 3.8) is 0 Å². The number of carbonyl (C=O) groups is 1. The van der Waals surface area contributed by atoms with Gasteiger partial charge >= 0.3 is 11.0 Å². The van der Waals surface area contributed by atoms with Crippen LogP contribution in [-0.2, 0) is 11.3 Å². The van der Waals surface area contributed by atoms with Crippen molar-refractivity contribution in [1.29, 1.82) is 0 Å². The van der Waals surface area contributed by atoms with Crippen LogP contribution in [0.4, 0.5) is 10.8 Å². The van der Waals surface area contributed by atoms with Crippen LogP contribution < -0.4 is 9.47 Å². The van der Waals surface area contributed by atoms with Gasteiger partial charge in [-0.05, 0) is 12.1 Å². The Hall–Kier alpha value is -2.28. The van der Waals surface area contributed by atoms with Crippen LogP contribution >= 0.6 is 11.3 Å². The fraction of sp³-hybridized carbons (Fsp3) is 0.231. The number of benzene rings is 1. The zero-order valence-electron chi connectivity index (χ0n) is 10.8. The van der Waals surface area contributed by atoms with Crippen LogP contribution in [0.5, 0.6) is 0 Å². The van der Waals surface area contributed by atoms with Crippen molar-refractivity contribution in [3.8, 4) is 11.3 Å². The first kappa shape index (κ1) is 12.7. The summed E-state index contributed by atoms with van der Waals surface area (Å²) in [4.78, 5) is 23.5. The van der Waals surface area contributed by atoms with Crippen molar-refractivity contribution in [3.05, 3.63) is 39.8 Å². The summed E-state index contributed by atoms with van der Waals surface area (Å²) in [5.74, 6) is 0.0355. The maximum absolute atomic E-state index is 11.5. The van der Waals surface area contributed by atoms with E-state index in [1.807, 2.05) is 5.38 Å². The maximum atomic E-state index is 11.5. The molecule has 1 aromatic carbocycles. The van der Waals surface area contributed by atoms with Crippen molar-refractivity contribution in [2.75, 3.05) is 11.4 Å². The van der Waals surface area contributed by atoms with Crippen LogP contribution in [-0.4, -0.2) is 17.4 Å². The lowest BCUT2D eigenvalue weighted by atomic mass is 10.1. The van der Waals surface area contributed by atoms with E-state index in [0.29, 0.717) is 6.54 Å². The van der Waals surface area contributed by atoms with Gasteiger partial charge in [0.1, 0.15) is 18.8 Å². The molecule has 0 atom stereocenters. The first-order valence-electron chi connectivity index (χ1n) is 6.12. The van der Waals surface area contributed by atoms with Gasteiger partial charge in [0.2, 0.25) is 0 Å². The molecular formula is C13H12N3O3S+. The summed E-state index contributed by atoms with van der Waals surface area (Å²) in [6.45, 7) is 2.99. The average molecular weight is 290 g/mol. The number of amides is 1. The lowest BCUT2D eigenvalue weighted by molar-refractivity contribution is -0.655. The number of hydrogen-bond acceptors (Lipinski definition) is 4. The Morgan fingerprint density at radius 3 is 2.70 bits per heavy atom. The van der Waals surface area contributed by atoms with Crippen molar-refractivity contribution >= 4 is 28.1 Å². The Balaban J connectivity index is 1.98. The number of nitro benzene ring substituents is 1. The number of hydrogen-bond donors (Lipinski definition) is 0. The van der Waals surface area contributed by atoms with Gasteiger partial charge in [0.05, 0.1) is 4.92 Å². The number of non-ortho nitro benzene ring substituents is 1. The first-order valence-corrected chi connectivity index (χ1v) is 7.00. The van der Waals surface area contributed by atoms with Crippen LogP contribution in [0.1, 0.15) is 6.92 Å². The molecule has 0 bridgehead atoms. The number of thiazole rings is 1. The zero-order chi connectivity index (χ0) is 14.3. The molecule has 0 radical (unpaired) electrons. The largest absolute Gasteiger partial charge is 0.344 e. The number of fused-ring (bicyclic) bond motifs is 1. The molecule has 0 N–H and O–H groups in total. The summed E-state index contributed by atoms with van der Waals surface area (Å²) < 4.78 is 2.08. The molecule has 20 heavy (non-hydrogen) atoms. The predicted octanol–water partition coefficient (Wildman–Crippen LogP) is 1.98. The molecule has 1 aromatic heterocycles. The topological polar surface area (TPSA) is 67.3 Å². The quantitative estimate of drug-likeness (QED) is 0.482. The van der Waals surface area contributed by atoms with Crippen LogP contribution in [0.3, 0.4) is 0 Å². The van der Waals surface area contributed by atoms with E-state index < -0.39 is 4.92 Å². The zero-order valence-corrected chi connectivity index (χ0v) is 11.6. The van der Waals surface area contributed by atoms with E-state index in [4.69, 9.17) is 0 Å². The maximum Gasteiger partial charge on any atom is 0.344 e. The number of aromatic nitrogens is 1. The van der Waals surface area contributed by atoms with E-state index in [1.165, 1.54) is 23.5 Å². The Morgan fingerprint density at radius 2 is 2.10 bits per heavy atom. The van der Waals surface area contributed by atoms with Crippen LogP contribution in [0.25, 0.3) is 11.3 Å². The van der Waals surface area contributed by atoms with Crippen LogP contribution in [0, 0.1) is 10.1 Å². The molecular weight excluding hydrogens is 278 g/mol. The van der Waals surface area contributed by atoms with Gasteiger partial charge in [0.15, 0.2) is 0 Å². The SMILES string of the molecule is CC(=O)N1CC[n+]2c(-c3ccc([N+](=O)[O-])cc3)csc21. The molecule has 102 valence electrons. The number of rotatable bonds is 2. The fourth-order valence-electron chi connectivity index (χ4n) is 2.33. The third-order valence-corrected chi connectivity index (χ3v) is 4.32. The van der Waals surface area contributed by atoms with Gasteiger partial charge in [-0.3, -0.25) is 10.1 Å². The smallest absolute Gasteiger partial charge is 0.258 e. The van der Waals surface area contributed by atoms with E-state index in [2.05, 4.69) is 4.57 Å². The van der Waals surface area contributed by atoms with Gasteiger partial charge in [0.25, 0.3) is 5.69 Å². The summed E-state index contributed by atoms with van der Waals surface area (Å²) in [7, 11) is 0. The molecule has 0 aliphatic carbocycles. The second kappa shape index (κ2) is 4.68. The Bertz CT molecular complexity index is 693. The second-order valence-corrected chi connectivity index (χ2v) is 5.37. The van der Waals surface area contributed by atoms with Gasteiger partial charge in [-0.15, -0.1) is 0 Å². The lowest BCUT2D eigenvalue weighted by Gasteiger charge is -2.00. The molecule has 0 unspecified atom stereocenters. The van der Waals surface area contributed by atoms with E-state index in [0.717, 1.165) is 22.9 Å². The van der Waals surface area contributed by atoms with Gasteiger partial charge in [0, 0.05) is 30.0 Å². The highest BCUT2D eigenvalue weighted by molar-refractivity contribution is 7.13. The number of nitro groups is 1. The highest BCUT2D eigenvalue weighted by Gasteiger charge is 2.35. The van der Waals surface area contributed by atoms with Crippen molar-refractivity contribution < 1.29 is 14.3 Å². The van der Waals surface area contributed by atoms with Crippen LogP contribution in [0.15, 0.2) is 29.6 Å². The fourth-order valence-corrected chi connectivity index (χ4v) is 3.47. The highest BCUT2D eigenvalue weighted by atomic mass is 32.1. The molecule has 6 nitrogen and oxygen atoms in total. The van der Waals surface area contributed by atoms with Gasteiger partial charge in [-0.2, -0.15) is 4.90 Å². The molecule has 3 rings (SSSR count). The molecule has 1 aliphatic rings.